The summed E-state index contributed by atoms with van der Waals surface area (Å²) >= 11 is 0. The molecule has 5 heteroatoms. The lowest BCUT2D eigenvalue weighted by Gasteiger charge is -2.22. The van der Waals surface area contributed by atoms with Crippen molar-refractivity contribution in [3.05, 3.63) is 69.8 Å². The topological polar surface area (TPSA) is 58.4 Å². The molecule has 0 bridgehead atoms. The number of hydrogen-bond donors (Lipinski definition) is 1. The van der Waals surface area contributed by atoms with Gasteiger partial charge in [0, 0.05) is 25.2 Å². The van der Waals surface area contributed by atoms with Gasteiger partial charge in [-0.2, -0.15) is 0 Å². The maximum absolute atomic E-state index is 11.1. The fourth-order valence-corrected chi connectivity index (χ4v) is 2.31. The summed E-state index contributed by atoms with van der Waals surface area (Å²) in [7, 11) is 2.09. The predicted octanol–water partition coefficient (Wildman–Crippen LogP) is 4.05. The van der Waals surface area contributed by atoms with Gasteiger partial charge in [-0.3, -0.25) is 15.0 Å². The van der Waals surface area contributed by atoms with Crippen molar-refractivity contribution in [2.45, 2.75) is 33.0 Å². The minimum atomic E-state index is -0.360. The van der Waals surface area contributed by atoms with E-state index in [0.717, 1.165) is 12.1 Å². The molecule has 23 heavy (non-hydrogen) atoms. The number of para-hydroxylation sites is 2. The first-order chi connectivity index (χ1) is 11.0. The molecule has 2 aromatic carbocycles. The Hall–Kier alpha value is -2.40. The molecule has 0 radical (unpaired) electrons. The highest BCUT2D eigenvalue weighted by Crippen LogP contribution is 2.24. The van der Waals surface area contributed by atoms with Gasteiger partial charge in [-0.05, 0) is 38.1 Å². The zero-order valence-corrected chi connectivity index (χ0v) is 13.8. The van der Waals surface area contributed by atoms with Crippen LogP contribution in [-0.4, -0.2) is 22.9 Å². The number of benzene rings is 2. The number of rotatable bonds is 7. The van der Waals surface area contributed by atoms with E-state index in [2.05, 4.69) is 43.2 Å². The second-order valence-corrected chi connectivity index (χ2v) is 5.91. The molecule has 0 unspecified atom stereocenters. The van der Waals surface area contributed by atoms with E-state index in [4.69, 9.17) is 0 Å². The lowest BCUT2D eigenvalue weighted by atomic mass is 10.1. The summed E-state index contributed by atoms with van der Waals surface area (Å²) in [6.45, 7) is 5.74. The van der Waals surface area contributed by atoms with Crippen LogP contribution in [0.15, 0.2) is 48.5 Å². The smallest absolute Gasteiger partial charge is 0.292 e. The molecule has 0 saturated carbocycles. The first-order valence-corrected chi connectivity index (χ1v) is 7.73. The van der Waals surface area contributed by atoms with Crippen molar-refractivity contribution in [3.63, 3.8) is 0 Å². The van der Waals surface area contributed by atoms with E-state index in [1.165, 1.54) is 11.6 Å². The zero-order valence-electron chi connectivity index (χ0n) is 13.8. The first kappa shape index (κ1) is 17.0. The van der Waals surface area contributed by atoms with Crippen LogP contribution in [0, 0.1) is 10.1 Å². The summed E-state index contributed by atoms with van der Waals surface area (Å²) in [5.74, 6) is 0. The minimum Gasteiger partial charge on any atom is -0.375 e. The van der Waals surface area contributed by atoms with E-state index in [1.54, 1.807) is 18.2 Å². The third kappa shape index (κ3) is 4.53. The van der Waals surface area contributed by atoms with Crippen LogP contribution in [0.1, 0.15) is 25.0 Å². The molecule has 122 valence electrons. The lowest BCUT2D eigenvalue weighted by molar-refractivity contribution is -0.384. The van der Waals surface area contributed by atoms with Gasteiger partial charge in [-0.25, -0.2) is 0 Å². The summed E-state index contributed by atoms with van der Waals surface area (Å²) in [4.78, 5) is 13.0. The average molecular weight is 313 g/mol. The molecule has 0 atom stereocenters. The number of nitrogens with zero attached hydrogens (tertiary/aromatic N) is 2. The molecule has 0 amide bonds. The van der Waals surface area contributed by atoms with Gasteiger partial charge in [-0.15, -0.1) is 0 Å². The third-order valence-corrected chi connectivity index (χ3v) is 3.99. The largest absolute Gasteiger partial charge is 0.375 e. The van der Waals surface area contributed by atoms with Crippen LogP contribution in [-0.2, 0) is 13.1 Å². The highest BCUT2D eigenvalue weighted by Gasteiger charge is 2.13. The normalized spacial score (nSPS) is 11.0. The molecule has 5 nitrogen and oxygen atoms in total. The maximum Gasteiger partial charge on any atom is 0.292 e. The second-order valence-electron chi connectivity index (χ2n) is 5.91. The van der Waals surface area contributed by atoms with Crippen LogP contribution in [0.3, 0.4) is 0 Å². The summed E-state index contributed by atoms with van der Waals surface area (Å²) in [6, 6.07) is 15.4. The Morgan fingerprint density at radius 1 is 1.09 bits per heavy atom. The van der Waals surface area contributed by atoms with E-state index < -0.39 is 0 Å². The molecular formula is C18H23N3O2. The van der Waals surface area contributed by atoms with Crippen molar-refractivity contribution in [1.82, 2.24) is 4.90 Å². The molecule has 0 fully saturated rings. The highest BCUT2D eigenvalue weighted by molar-refractivity contribution is 5.61. The zero-order chi connectivity index (χ0) is 16.8. The summed E-state index contributed by atoms with van der Waals surface area (Å²) in [5, 5.41) is 14.3. The molecule has 2 rings (SSSR count). The van der Waals surface area contributed by atoms with Crippen LogP contribution < -0.4 is 5.32 Å². The molecular weight excluding hydrogens is 290 g/mol. The molecule has 1 N–H and O–H groups in total. The van der Waals surface area contributed by atoms with Gasteiger partial charge in [0.15, 0.2) is 0 Å². The fraction of sp³-hybridized carbons (Fsp3) is 0.333. The van der Waals surface area contributed by atoms with E-state index in [-0.39, 0.29) is 10.6 Å². The van der Waals surface area contributed by atoms with Gasteiger partial charge < -0.3 is 5.32 Å². The van der Waals surface area contributed by atoms with Crippen molar-refractivity contribution in [2.75, 3.05) is 12.4 Å². The highest BCUT2D eigenvalue weighted by atomic mass is 16.6. The van der Waals surface area contributed by atoms with E-state index in [0.29, 0.717) is 18.3 Å². The van der Waals surface area contributed by atoms with E-state index in [1.807, 2.05) is 12.1 Å². The Bertz CT molecular complexity index is 671. The number of nitro benzene ring substituents is 1. The van der Waals surface area contributed by atoms with Crippen molar-refractivity contribution < 1.29 is 4.92 Å². The Morgan fingerprint density at radius 2 is 1.70 bits per heavy atom. The lowest BCUT2D eigenvalue weighted by Crippen LogP contribution is -2.26. The molecule has 0 heterocycles. The second kappa shape index (κ2) is 7.74. The fourth-order valence-electron chi connectivity index (χ4n) is 2.31. The van der Waals surface area contributed by atoms with Gasteiger partial charge in [0.25, 0.3) is 5.69 Å². The minimum absolute atomic E-state index is 0.101. The number of anilines is 1. The quantitative estimate of drug-likeness (QED) is 0.619. The van der Waals surface area contributed by atoms with Crippen LogP contribution >= 0.6 is 0 Å². The predicted molar refractivity (Wildman–Crippen MR) is 93.5 cm³/mol. The molecule has 0 aromatic heterocycles. The standard InChI is InChI=1S/C18H23N3O2/c1-14(2)20(3)13-16-9-5-4-8-15(16)12-19-17-10-6-7-11-18(17)21(22)23/h4-11,14,19H,12-13H2,1-3H3. The van der Waals surface area contributed by atoms with E-state index in [9.17, 15) is 10.1 Å². The SMILES string of the molecule is CC(C)N(C)Cc1ccccc1CNc1ccccc1[N+](=O)[O-]. The van der Waals surface area contributed by atoms with Gasteiger partial charge in [0.2, 0.25) is 0 Å². The van der Waals surface area contributed by atoms with Crippen molar-refractivity contribution >= 4 is 11.4 Å². The van der Waals surface area contributed by atoms with Crippen LogP contribution in [0.5, 0.6) is 0 Å². The van der Waals surface area contributed by atoms with Crippen molar-refractivity contribution in [2.24, 2.45) is 0 Å². The molecule has 0 saturated heterocycles. The van der Waals surface area contributed by atoms with Crippen LogP contribution in [0.2, 0.25) is 0 Å². The van der Waals surface area contributed by atoms with Gasteiger partial charge in [0.05, 0.1) is 4.92 Å². The molecule has 0 aliphatic heterocycles. The monoisotopic (exact) mass is 313 g/mol. The number of nitrogens with one attached hydrogen (secondary N) is 1. The van der Waals surface area contributed by atoms with Crippen molar-refractivity contribution in [1.29, 1.82) is 0 Å². The number of nitro groups is 1. The Morgan fingerprint density at radius 3 is 2.35 bits per heavy atom. The third-order valence-electron chi connectivity index (χ3n) is 3.99. The van der Waals surface area contributed by atoms with Gasteiger partial charge >= 0.3 is 0 Å². The van der Waals surface area contributed by atoms with Crippen LogP contribution in [0.25, 0.3) is 0 Å². The molecule has 0 aliphatic carbocycles. The van der Waals surface area contributed by atoms with Gasteiger partial charge in [0.1, 0.15) is 5.69 Å². The molecule has 0 spiro atoms. The molecule has 2 aromatic rings. The summed E-state index contributed by atoms with van der Waals surface area (Å²) < 4.78 is 0. The Balaban J connectivity index is 2.14. The Labute approximate surface area is 137 Å². The maximum atomic E-state index is 11.1. The summed E-state index contributed by atoms with van der Waals surface area (Å²) in [6.07, 6.45) is 0. The van der Waals surface area contributed by atoms with E-state index >= 15 is 0 Å². The first-order valence-electron chi connectivity index (χ1n) is 7.73. The van der Waals surface area contributed by atoms with Crippen molar-refractivity contribution in [3.8, 4) is 0 Å². The van der Waals surface area contributed by atoms with Crippen LogP contribution in [0.4, 0.5) is 11.4 Å². The van der Waals surface area contributed by atoms with Gasteiger partial charge in [-0.1, -0.05) is 36.4 Å². The average Bonchev–Trinajstić information content (AvgIpc) is 2.54. The Kier molecular flexibility index (Phi) is 5.71. The molecule has 0 aliphatic rings. The number of hydrogen-bond acceptors (Lipinski definition) is 4. The summed E-state index contributed by atoms with van der Waals surface area (Å²) in [5.41, 5.74) is 3.03.